The second-order valence-electron chi connectivity index (χ2n) is 4.17. The van der Waals surface area contributed by atoms with Gasteiger partial charge in [0.15, 0.2) is 0 Å². The third-order valence-corrected chi connectivity index (χ3v) is 2.82. The summed E-state index contributed by atoms with van der Waals surface area (Å²) in [6.07, 6.45) is 6.66. The van der Waals surface area contributed by atoms with Crippen LogP contribution in [0.4, 0.5) is 0 Å². The van der Waals surface area contributed by atoms with Gasteiger partial charge < -0.3 is 5.01 Å². The summed E-state index contributed by atoms with van der Waals surface area (Å²) in [5.74, 6) is 0. The van der Waals surface area contributed by atoms with Crippen LogP contribution in [0.5, 0.6) is 0 Å². The number of nitrogens with zero attached hydrogens (tertiary/aromatic N) is 2. The summed E-state index contributed by atoms with van der Waals surface area (Å²) in [6, 6.07) is 10.0. The highest BCUT2D eigenvalue weighted by atomic mass is 16.1. The van der Waals surface area contributed by atoms with Crippen molar-refractivity contribution in [2.75, 3.05) is 14.1 Å². The van der Waals surface area contributed by atoms with Gasteiger partial charge in [0.2, 0.25) is 0 Å². The molecule has 0 fully saturated rings. The van der Waals surface area contributed by atoms with Crippen molar-refractivity contribution in [1.29, 1.82) is 0 Å². The van der Waals surface area contributed by atoms with Gasteiger partial charge in [-0.25, -0.2) is 5.01 Å². The molecule has 0 aromatic heterocycles. The monoisotopic (exact) mass is 228 g/mol. The fraction of sp³-hybridized carbons (Fsp3) is 0.214. The van der Waals surface area contributed by atoms with Gasteiger partial charge in [0.1, 0.15) is 6.29 Å². The summed E-state index contributed by atoms with van der Waals surface area (Å²) in [5.41, 5.74) is 1.89. The first-order valence-corrected chi connectivity index (χ1v) is 5.58. The van der Waals surface area contributed by atoms with Crippen LogP contribution in [0.15, 0.2) is 54.3 Å². The molecule has 0 spiro atoms. The maximum absolute atomic E-state index is 11.2. The number of hydrazine groups is 1. The van der Waals surface area contributed by atoms with Crippen molar-refractivity contribution in [2.24, 2.45) is 0 Å². The van der Waals surface area contributed by atoms with E-state index in [-0.39, 0.29) is 6.04 Å². The van der Waals surface area contributed by atoms with Gasteiger partial charge in [-0.05, 0) is 11.6 Å². The molecule has 1 aliphatic rings. The van der Waals surface area contributed by atoms with E-state index in [0.29, 0.717) is 0 Å². The molecular formula is C14H16N2O. The number of allylic oxidation sites excluding steroid dienone is 2. The molecule has 0 radical (unpaired) electrons. The zero-order valence-corrected chi connectivity index (χ0v) is 10.1. The summed E-state index contributed by atoms with van der Waals surface area (Å²) >= 11 is 0. The Morgan fingerprint density at radius 2 is 1.94 bits per heavy atom. The van der Waals surface area contributed by atoms with E-state index in [0.717, 1.165) is 17.4 Å². The second kappa shape index (κ2) is 4.97. The molecule has 1 aliphatic heterocycles. The lowest BCUT2D eigenvalue weighted by Crippen LogP contribution is -2.38. The van der Waals surface area contributed by atoms with E-state index in [1.807, 2.05) is 72.8 Å². The molecule has 0 saturated heterocycles. The lowest BCUT2D eigenvalue weighted by molar-refractivity contribution is -0.106. The SMILES string of the molecule is CN(C)N1C=CC=C(C=O)C1c1ccccc1. The Labute approximate surface area is 102 Å². The highest BCUT2D eigenvalue weighted by Crippen LogP contribution is 2.30. The van der Waals surface area contributed by atoms with Crippen molar-refractivity contribution >= 4 is 6.29 Å². The van der Waals surface area contributed by atoms with E-state index in [2.05, 4.69) is 0 Å². The quantitative estimate of drug-likeness (QED) is 0.741. The molecule has 0 N–H and O–H groups in total. The van der Waals surface area contributed by atoms with Gasteiger partial charge in [-0.1, -0.05) is 36.4 Å². The minimum atomic E-state index is -0.0336. The maximum Gasteiger partial charge on any atom is 0.148 e. The topological polar surface area (TPSA) is 23.6 Å². The van der Waals surface area contributed by atoms with E-state index >= 15 is 0 Å². The van der Waals surface area contributed by atoms with Crippen LogP contribution in [0, 0.1) is 0 Å². The lowest BCUT2D eigenvalue weighted by atomic mass is 9.97. The van der Waals surface area contributed by atoms with Crippen LogP contribution in [-0.2, 0) is 4.79 Å². The molecule has 1 aromatic rings. The average molecular weight is 228 g/mol. The zero-order valence-electron chi connectivity index (χ0n) is 10.1. The van der Waals surface area contributed by atoms with E-state index in [9.17, 15) is 4.79 Å². The van der Waals surface area contributed by atoms with Crippen LogP contribution in [0.1, 0.15) is 11.6 Å². The lowest BCUT2D eigenvalue weighted by Gasteiger charge is -2.37. The van der Waals surface area contributed by atoms with Gasteiger partial charge in [0.25, 0.3) is 0 Å². The fourth-order valence-electron chi connectivity index (χ4n) is 2.02. The van der Waals surface area contributed by atoms with Gasteiger partial charge in [0, 0.05) is 25.9 Å². The normalized spacial score (nSPS) is 19.4. The standard InChI is InChI=1S/C14H16N2O/c1-15(2)16-10-6-9-13(11-17)14(16)12-7-4-3-5-8-12/h3-11,14H,1-2H3. The third-order valence-electron chi connectivity index (χ3n) is 2.82. The minimum absolute atomic E-state index is 0.0336. The van der Waals surface area contributed by atoms with Gasteiger partial charge in [0.05, 0.1) is 6.04 Å². The Morgan fingerprint density at radius 1 is 1.24 bits per heavy atom. The van der Waals surface area contributed by atoms with E-state index in [4.69, 9.17) is 0 Å². The number of aldehydes is 1. The molecule has 1 aromatic carbocycles. The zero-order chi connectivity index (χ0) is 12.3. The van der Waals surface area contributed by atoms with Crippen LogP contribution < -0.4 is 0 Å². The van der Waals surface area contributed by atoms with Gasteiger partial charge in [-0.2, -0.15) is 0 Å². The van der Waals surface area contributed by atoms with Gasteiger partial charge >= 0.3 is 0 Å². The van der Waals surface area contributed by atoms with Crippen molar-refractivity contribution in [3.8, 4) is 0 Å². The Hall–Kier alpha value is -1.87. The first kappa shape index (κ1) is 11.6. The molecule has 1 atom stereocenters. The molecule has 0 bridgehead atoms. The Balaban J connectivity index is 2.42. The molecule has 0 saturated carbocycles. The first-order chi connectivity index (χ1) is 8.24. The summed E-state index contributed by atoms with van der Waals surface area (Å²) in [5, 5.41) is 4.02. The molecule has 3 heteroatoms. The van der Waals surface area contributed by atoms with E-state index in [1.165, 1.54) is 0 Å². The maximum atomic E-state index is 11.2. The number of hydrogen-bond acceptors (Lipinski definition) is 3. The molecule has 3 nitrogen and oxygen atoms in total. The largest absolute Gasteiger partial charge is 0.302 e. The number of carbonyl (C=O) groups excluding carboxylic acids is 1. The van der Waals surface area contributed by atoms with Crippen molar-refractivity contribution in [1.82, 2.24) is 10.0 Å². The molecule has 1 heterocycles. The van der Waals surface area contributed by atoms with Gasteiger partial charge in [-0.3, -0.25) is 4.79 Å². The minimum Gasteiger partial charge on any atom is -0.302 e. The van der Waals surface area contributed by atoms with Crippen LogP contribution in [-0.4, -0.2) is 30.4 Å². The van der Waals surface area contributed by atoms with Crippen molar-refractivity contribution in [3.05, 3.63) is 59.8 Å². The van der Waals surface area contributed by atoms with Gasteiger partial charge in [-0.15, -0.1) is 0 Å². The molecule has 1 unspecified atom stereocenters. The van der Waals surface area contributed by atoms with Crippen molar-refractivity contribution in [2.45, 2.75) is 6.04 Å². The number of hydrogen-bond donors (Lipinski definition) is 0. The summed E-state index contributed by atoms with van der Waals surface area (Å²) in [7, 11) is 3.93. The highest BCUT2D eigenvalue weighted by molar-refractivity contribution is 5.77. The highest BCUT2D eigenvalue weighted by Gasteiger charge is 2.24. The number of rotatable bonds is 3. The second-order valence-corrected chi connectivity index (χ2v) is 4.17. The molecule has 0 aliphatic carbocycles. The van der Waals surface area contributed by atoms with Crippen LogP contribution in [0.3, 0.4) is 0 Å². The first-order valence-electron chi connectivity index (χ1n) is 5.58. The van der Waals surface area contributed by atoms with Crippen LogP contribution in [0.25, 0.3) is 0 Å². The van der Waals surface area contributed by atoms with E-state index < -0.39 is 0 Å². The number of benzene rings is 1. The molecule has 2 rings (SSSR count). The fourth-order valence-corrected chi connectivity index (χ4v) is 2.02. The van der Waals surface area contributed by atoms with Crippen molar-refractivity contribution < 1.29 is 4.79 Å². The van der Waals surface area contributed by atoms with Crippen LogP contribution >= 0.6 is 0 Å². The third kappa shape index (κ3) is 2.29. The smallest absolute Gasteiger partial charge is 0.148 e. The Kier molecular flexibility index (Phi) is 3.40. The average Bonchev–Trinajstić information content (AvgIpc) is 2.38. The Morgan fingerprint density at radius 3 is 2.53 bits per heavy atom. The molecule has 17 heavy (non-hydrogen) atoms. The van der Waals surface area contributed by atoms with E-state index in [1.54, 1.807) is 0 Å². The van der Waals surface area contributed by atoms with Crippen molar-refractivity contribution in [3.63, 3.8) is 0 Å². The summed E-state index contributed by atoms with van der Waals surface area (Å²) < 4.78 is 0. The summed E-state index contributed by atoms with van der Waals surface area (Å²) in [4.78, 5) is 11.2. The predicted octanol–water partition coefficient (Wildman–Crippen LogP) is 2.16. The molecule has 0 amide bonds. The predicted molar refractivity (Wildman–Crippen MR) is 68.0 cm³/mol. The summed E-state index contributed by atoms with van der Waals surface area (Å²) in [6.45, 7) is 0. The molecular weight excluding hydrogens is 212 g/mol. The molecule has 88 valence electrons. The van der Waals surface area contributed by atoms with Crippen LogP contribution in [0.2, 0.25) is 0 Å². The number of carbonyl (C=O) groups is 1. The Bertz CT molecular complexity index is 449.